The molecule has 0 bridgehead atoms. The summed E-state index contributed by atoms with van der Waals surface area (Å²) in [4.78, 5) is 0.917. The Morgan fingerprint density at radius 3 is 2.50 bits per heavy atom. The summed E-state index contributed by atoms with van der Waals surface area (Å²) >= 11 is 5.14. The molecule has 0 aromatic heterocycles. The summed E-state index contributed by atoms with van der Waals surface area (Å²) in [6.07, 6.45) is 1.90. The first-order chi connectivity index (χ1) is 9.49. The highest BCUT2D eigenvalue weighted by molar-refractivity contribution is 7.85. The minimum absolute atomic E-state index is 0.351. The van der Waals surface area contributed by atoms with Gasteiger partial charge in [0.2, 0.25) is 0 Å². The van der Waals surface area contributed by atoms with Gasteiger partial charge in [-0.2, -0.15) is 0 Å². The van der Waals surface area contributed by atoms with Crippen molar-refractivity contribution in [1.82, 2.24) is 10.6 Å². The molecule has 1 unspecified atom stereocenters. The van der Waals surface area contributed by atoms with Gasteiger partial charge in [-0.05, 0) is 58.0 Å². The van der Waals surface area contributed by atoms with Crippen molar-refractivity contribution in [2.45, 2.75) is 44.6 Å². The maximum absolute atomic E-state index is 12.1. The predicted molar refractivity (Wildman–Crippen MR) is 90.6 cm³/mol. The molecule has 0 amide bonds. The summed E-state index contributed by atoms with van der Waals surface area (Å²) in [7, 11) is -0.891. The van der Waals surface area contributed by atoms with E-state index in [1.807, 2.05) is 31.2 Å². The van der Waals surface area contributed by atoms with Crippen LogP contribution in [0, 0.1) is 6.92 Å². The Kier molecular flexibility index (Phi) is 7.77. The zero-order valence-electron chi connectivity index (χ0n) is 12.4. The molecule has 1 atom stereocenters. The molecule has 0 aliphatic carbocycles. The number of benzene rings is 1. The molecule has 112 valence electrons. The molecular weight excluding hydrogens is 288 g/mol. The predicted octanol–water partition coefficient (Wildman–Crippen LogP) is 2.76. The Bertz CT molecular complexity index is 444. The van der Waals surface area contributed by atoms with Crippen molar-refractivity contribution < 1.29 is 4.21 Å². The highest BCUT2D eigenvalue weighted by atomic mass is 32.2. The van der Waals surface area contributed by atoms with E-state index in [0.29, 0.717) is 16.9 Å². The van der Waals surface area contributed by atoms with Gasteiger partial charge < -0.3 is 10.6 Å². The maximum atomic E-state index is 12.1. The Morgan fingerprint density at radius 1 is 1.25 bits per heavy atom. The number of hydrogen-bond donors (Lipinski definition) is 2. The standard InChI is InChI=1S/C15H24N2OS2/c1-12(2)17-15(19)16-10-4-5-11-20(18)14-8-6-13(3)7-9-14/h6-9,12H,4-5,10-11H2,1-3H3,(H2,16,17,19). The molecule has 0 aliphatic rings. The normalized spacial score (nSPS) is 12.2. The first-order valence-electron chi connectivity index (χ1n) is 6.98. The Morgan fingerprint density at radius 2 is 1.90 bits per heavy atom. The van der Waals surface area contributed by atoms with Crippen LogP contribution >= 0.6 is 12.2 Å². The van der Waals surface area contributed by atoms with Gasteiger partial charge in [0.05, 0.1) is 10.8 Å². The van der Waals surface area contributed by atoms with Gasteiger partial charge in [0.15, 0.2) is 5.11 Å². The fourth-order valence-corrected chi connectivity index (χ4v) is 3.16. The van der Waals surface area contributed by atoms with Crippen LogP contribution in [-0.2, 0) is 10.8 Å². The summed E-state index contributed by atoms with van der Waals surface area (Å²) in [5.41, 5.74) is 1.20. The van der Waals surface area contributed by atoms with Crippen LogP contribution in [0.3, 0.4) is 0 Å². The van der Waals surface area contributed by atoms with E-state index >= 15 is 0 Å². The minimum Gasteiger partial charge on any atom is -0.363 e. The maximum Gasteiger partial charge on any atom is 0.166 e. The van der Waals surface area contributed by atoms with Gasteiger partial charge in [0.1, 0.15) is 0 Å². The molecule has 5 heteroatoms. The van der Waals surface area contributed by atoms with Crippen molar-refractivity contribution in [2.75, 3.05) is 12.3 Å². The van der Waals surface area contributed by atoms with Gasteiger partial charge in [-0.1, -0.05) is 17.7 Å². The molecule has 0 radical (unpaired) electrons. The third kappa shape index (κ3) is 7.01. The topological polar surface area (TPSA) is 41.1 Å². The molecule has 0 saturated carbocycles. The average molecular weight is 313 g/mol. The van der Waals surface area contributed by atoms with Gasteiger partial charge in [-0.3, -0.25) is 4.21 Å². The molecule has 0 heterocycles. The fourth-order valence-electron chi connectivity index (χ4n) is 1.68. The van der Waals surface area contributed by atoms with Crippen molar-refractivity contribution in [1.29, 1.82) is 0 Å². The zero-order chi connectivity index (χ0) is 15.0. The van der Waals surface area contributed by atoms with Gasteiger partial charge in [0.25, 0.3) is 0 Å². The van der Waals surface area contributed by atoms with Crippen molar-refractivity contribution >= 4 is 28.1 Å². The van der Waals surface area contributed by atoms with E-state index in [0.717, 1.165) is 24.3 Å². The van der Waals surface area contributed by atoms with E-state index in [1.54, 1.807) is 0 Å². The smallest absolute Gasteiger partial charge is 0.166 e. The summed E-state index contributed by atoms with van der Waals surface area (Å²) in [6, 6.07) is 8.26. The summed E-state index contributed by atoms with van der Waals surface area (Å²) < 4.78 is 12.1. The summed E-state index contributed by atoms with van der Waals surface area (Å²) in [5.74, 6) is 0.703. The molecular formula is C15H24N2OS2. The molecule has 20 heavy (non-hydrogen) atoms. The number of hydrogen-bond acceptors (Lipinski definition) is 2. The molecule has 1 aromatic carbocycles. The van der Waals surface area contributed by atoms with Gasteiger partial charge >= 0.3 is 0 Å². The quantitative estimate of drug-likeness (QED) is 0.600. The van der Waals surface area contributed by atoms with Crippen molar-refractivity contribution in [3.63, 3.8) is 0 Å². The SMILES string of the molecule is Cc1ccc(S(=O)CCCCNC(=S)NC(C)C)cc1. The molecule has 3 nitrogen and oxygen atoms in total. The van der Waals surface area contributed by atoms with Crippen LogP contribution in [0.1, 0.15) is 32.3 Å². The lowest BCUT2D eigenvalue weighted by Crippen LogP contribution is -2.39. The fraction of sp³-hybridized carbons (Fsp3) is 0.533. The van der Waals surface area contributed by atoms with E-state index in [4.69, 9.17) is 12.2 Å². The molecule has 2 N–H and O–H groups in total. The van der Waals surface area contributed by atoms with E-state index < -0.39 is 10.8 Å². The molecule has 1 rings (SSSR count). The monoisotopic (exact) mass is 312 g/mol. The minimum atomic E-state index is -0.891. The lowest BCUT2D eigenvalue weighted by atomic mass is 10.2. The lowest BCUT2D eigenvalue weighted by Gasteiger charge is -2.12. The van der Waals surface area contributed by atoms with Gasteiger partial charge in [0, 0.05) is 23.2 Å². The molecule has 0 aliphatic heterocycles. The van der Waals surface area contributed by atoms with E-state index in [-0.39, 0.29) is 0 Å². The molecule has 1 aromatic rings. The summed E-state index contributed by atoms with van der Waals surface area (Å²) in [5, 5.41) is 6.98. The van der Waals surface area contributed by atoms with Crippen LogP contribution in [0.5, 0.6) is 0 Å². The second kappa shape index (κ2) is 9.08. The van der Waals surface area contributed by atoms with E-state index in [9.17, 15) is 4.21 Å². The molecule has 0 saturated heterocycles. The van der Waals surface area contributed by atoms with Crippen LogP contribution in [0.25, 0.3) is 0 Å². The Hall–Kier alpha value is -0.940. The van der Waals surface area contributed by atoms with Crippen LogP contribution < -0.4 is 10.6 Å². The van der Waals surface area contributed by atoms with Gasteiger partial charge in [-0.15, -0.1) is 0 Å². The van der Waals surface area contributed by atoms with Gasteiger partial charge in [-0.25, -0.2) is 0 Å². The number of unbranched alkanes of at least 4 members (excludes halogenated alkanes) is 1. The number of thiocarbonyl (C=S) groups is 1. The first-order valence-corrected chi connectivity index (χ1v) is 8.71. The highest BCUT2D eigenvalue weighted by Crippen LogP contribution is 2.09. The number of rotatable bonds is 7. The van der Waals surface area contributed by atoms with Crippen LogP contribution in [0.15, 0.2) is 29.2 Å². The third-order valence-corrected chi connectivity index (χ3v) is 4.47. The second-order valence-electron chi connectivity index (χ2n) is 5.12. The summed E-state index contributed by atoms with van der Waals surface area (Å²) in [6.45, 7) is 6.97. The lowest BCUT2D eigenvalue weighted by molar-refractivity contribution is 0.672. The highest BCUT2D eigenvalue weighted by Gasteiger charge is 2.03. The third-order valence-electron chi connectivity index (χ3n) is 2.75. The van der Waals surface area contributed by atoms with E-state index in [2.05, 4.69) is 24.5 Å². The van der Waals surface area contributed by atoms with Crippen LogP contribution in [-0.4, -0.2) is 27.7 Å². The first kappa shape index (κ1) is 17.1. The van der Waals surface area contributed by atoms with Crippen molar-refractivity contribution in [3.8, 4) is 0 Å². The largest absolute Gasteiger partial charge is 0.363 e. The van der Waals surface area contributed by atoms with Crippen LogP contribution in [0.2, 0.25) is 0 Å². The Balaban J connectivity index is 2.16. The van der Waals surface area contributed by atoms with Crippen LogP contribution in [0.4, 0.5) is 0 Å². The Labute approximate surface area is 130 Å². The average Bonchev–Trinajstić information content (AvgIpc) is 2.38. The number of aryl methyl sites for hydroxylation is 1. The number of nitrogens with one attached hydrogen (secondary N) is 2. The van der Waals surface area contributed by atoms with Crippen molar-refractivity contribution in [2.24, 2.45) is 0 Å². The van der Waals surface area contributed by atoms with Crippen molar-refractivity contribution in [3.05, 3.63) is 29.8 Å². The zero-order valence-corrected chi connectivity index (χ0v) is 14.1. The van der Waals surface area contributed by atoms with E-state index in [1.165, 1.54) is 5.56 Å². The second-order valence-corrected chi connectivity index (χ2v) is 7.10. The molecule has 0 spiro atoms. The molecule has 0 fully saturated rings.